The summed E-state index contributed by atoms with van der Waals surface area (Å²) in [5.41, 5.74) is 1.07. The maximum absolute atomic E-state index is 11.9. The van der Waals surface area contributed by atoms with Gasteiger partial charge in [0.15, 0.2) is 0 Å². The van der Waals surface area contributed by atoms with E-state index in [9.17, 15) is 4.79 Å². The SMILES string of the molecule is CCCOc1cccc(CNC(=O)CN2CCNCC2)c1.Cl.Cl. The maximum atomic E-state index is 11.9. The van der Waals surface area contributed by atoms with E-state index in [1.807, 2.05) is 24.3 Å². The summed E-state index contributed by atoms with van der Waals surface area (Å²) in [6.45, 7) is 7.64. The van der Waals surface area contributed by atoms with Gasteiger partial charge in [-0.1, -0.05) is 19.1 Å². The molecule has 1 aliphatic rings. The zero-order valence-electron chi connectivity index (χ0n) is 13.5. The Morgan fingerprint density at radius 2 is 2.04 bits per heavy atom. The quantitative estimate of drug-likeness (QED) is 0.775. The van der Waals surface area contributed by atoms with Gasteiger partial charge in [0.1, 0.15) is 5.75 Å². The van der Waals surface area contributed by atoms with Gasteiger partial charge in [-0.15, -0.1) is 24.8 Å². The van der Waals surface area contributed by atoms with E-state index in [4.69, 9.17) is 4.74 Å². The lowest BCUT2D eigenvalue weighted by molar-refractivity contribution is -0.122. The van der Waals surface area contributed by atoms with Crippen LogP contribution in [0.15, 0.2) is 24.3 Å². The molecule has 0 atom stereocenters. The van der Waals surface area contributed by atoms with Crippen molar-refractivity contribution in [1.82, 2.24) is 15.5 Å². The molecule has 132 valence electrons. The summed E-state index contributed by atoms with van der Waals surface area (Å²) < 4.78 is 5.60. The van der Waals surface area contributed by atoms with E-state index in [2.05, 4.69) is 22.5 Å². The lowest BCUT2D eigenvalue weighted by Gasteiger charge is -2.26. The van der Waals surface area contributed by atoms with Gasteiger partial charge in [0.2, 0.25) is 5.91 Å². The highest BCUT2D eigenvalue weighted by atomic mass is 35.5. The van der Waals surface area contributed by atoms with Gasteiger partial charge in [0.25, 0.3) is 0 Å². The summed E-state index contributed by atoms with van der Waals surface area (Å²) in [5, 5.41) is 6.25. The van der Waals surface area contributed by atoms with Crippen molar-refractivity contribution in [1.29, 1.82) is 0 Å². The molecule has 0 radical (unpaired) electrons. The Bertz CT molecular complexity index is 455. The first kappa shape index (κ1) is 22.0. The minimum Gasteiger partial charge on any atom is -0.494 e. The molecule has 1 aliphatic heterocycles. The Kier molecular flexibility index (Phi) is 11.9. The molecule has 1 aromatic carbocycles. The monoisotopic (exact) mass is 363 g/mol. The first-order valence-electron chi connectivity index (χ1n) is 7.69. The van der Waals surface area contributed by atoms with Crippen LogP contribution < -0.4 is 15.4 Å². The van der Waals surface area contributed by atoms with Gasteiger partial charge in [-0.3, -0.25) is 9.69 Å². The molecule has 5 nitrogen and oxygen atoms in total. The van der Waals surface area contributed by atoms with Crippen molar-refractivity contribution >= 4 is 30.7 Å². The van der Waals surface area contributed by atoms with Crippen LogP contribution in [0.25, 0.3) is 0 Å². The molecule has 2 N–H and O–H groups in total. The predicted molar refractivity (Wildman–Crippen MR) is 97.9 cm³/mol. The molecular weight excluding hydrogens is 337 g/mol. The molecule has 7 heteroatoms. The second-order valence-electron chi connectivity index (χ2n) is 5.30. The van der Waals surface area contributed by atoms with Gasteiger partial charge in [-0.25, -0.2) is 0 Å². The van der Waals surface area contributed by atoms with Crippen LogP contribution in [0, 0.1) is 0 Å². The molecular formula is C16H27Cl2N3O2. The number of nitrogens with one attached hydrogen (secondary N) is 2. The zero-order chi connectivity index (χ0) is 14.9. The van der Waals surface area contributed by atoms with Crippen molar-refractivity contribution in [3.63, 3.8) is 0 Å². The van der Waals surface area contributed by atoms with Gasteiger partial charge in [-0.05, 0) is 24.1 Å². The minimum absolute atomic E-state index is 0. The fourth-order valence-electron chi connectivity index (χ4n) is 2.29. The van der Waals surface area contributed by atoms with Gasteiger partial charge >= 0.3 is 0 Å². The average molecular weight is 364 g/mol. The second-order valence-corrected chi connectivity index (χ2v) is 5.30. The topological polar surface area (TPSA) is 53.6 Å². The van der Waals surface area contributed by atoms with Gasteiger partial charge in [-0.2, -0.15) is 0 Å². The Hall–Kier alpha value is -1.01. The fourth-order valence-corrected chi connectivity index (χ4v) is 2.29. The Morgan fingerprint density at radius 1 is 1.30 bits per heavy atom. The van der Waals surface area contributed by atoms with Gasteiger partial charge in [0.05, 0.1) is 13.2 Å². The number of ether oxygens (including phenoxy) is 1. The molecule has 0 bridgehead atoms. The van der Waals surface area contributed by atoms with E-state index in [0.29, 0.717) is 13.1 Å². The Morgan fingerprint density at radius 3 is 2.74 bits per heavy atom. The Labute approximate surface area is 151 Å². The number of halogens is 2. The lowest BCUT2D eigenvalue weighted by atomic mass is 10.2. The molecule has 1 aromatic rings. The van der Waals surface area contributed by atoms with Crippen LogP contribution in [0.5, 0.6) is 5.75 Å². The molecule has 0 saturated carbocycles. The van der Waals surface area contributed by atoms with Crippen molar-refractivity contribution < 1.29 is 9.53 Å². The number of nitrogens with zero attached hydrogens (tertiary/aromatic N) is 1. The van der Waals surface area contributed by atoms with E-state index in [1.54, 1.807) is 0 Å². The van der Waals surface area contributed by atoms with Gasteiger partial charge < -0.3 is 15.4 Å². The number of carbonyl (C=O) groups excluding carboxylic acids is 1. The summed E-state index contributed by atoms with van der Waals surface area (Å²) in [6.07, 6.45) is 0.992. The zero-order valence-corrected chi connectivity index (χ0v) is 15.2. The van der Waals surface area contributed by atoms with Crippen LogP contribution in [-0.2, 0) is 11.3 Å². The van der Waals surface area contributed by atoms with Crippen LogP contribution in [0.4, 0.5) is 0 Å². The van der Waals surface area contributed by atoms with Crippen LogP contribution in [0.1, 0.15) is 18.9 Å². The van der Waals surface area contributed by atoms with Crippen LogP contribution >= 0.6 is 24.8 Å². The highest BCUT2D eigenvalue weighted by molar-refractivity contribution is 5.85. The predicted octanol–water partition coefficient (Wildman–Crippen LogP) is 1.84. The smallest absolute Gasteiger partial charge is 0.234 e. The highest BCUT2D eigenvalue weighted by Gasteiger charge is 2.13. The lowest BCUT2D eigenvalue weighted by Crippen LogP contribution is -2.47. The summed E-state index contributed by atoms with van der Waals surface area (Å²) in [6, 6.07) is 7.90. The molecule has 1 amide bonds. The van der Waals surface area contributed by atoms with Crippen LogP contribution in [-0.4, -0.2) is 50.1 Å². The minimum atomic E-state index is 0. The summed E-state index contributed by atoms with van der Waals surface area (Å²) in [5.74, 6) is 0.947. The third-order valence-electron chi connectivity index (χ3n) is 3.44. The van der Waals surface area contributed by atoms with Gasteiger partial charge in [0, 0.05) is 32.7 Å². The standard InChI is InChI=1S/C16H25N3O2.2ClH/c1-2-10-21-15-5-3-4-14(11-15)12-18-16(20)13-19-8-6-17-7-9-19;;/h3-5,11,17H,2,6-10,12-13H2,1H3,(H,18,20);2*1H. The molecule has 0 aliphatic carbocycles. The molecule has 1 heterocycles. The van der Waals surface area contributed by atoms with Crippen LogP contribution in [0.2, 0.25) is 0 Å². The third-order valence-corrected chi connectivity index (χ3v) is 3.44. The van der Waals surface area contributed by atoms with Crippen molar-refractivity contribution in [3.8, 4) is 5.75 Å². The molecule has 1 fully saturated rings. The molecule has 0 spiro atoms. The Balaban J connectivity index is 0.00000242. The van der Waals surface area contributed by atoms with Crippen LogP contribution in [0.3, 0.4) is 0 Å². The summed E-state index contributed by atoms with van der Waals surface area (Å²) in [4.78, 5) is 14.1. The van der Waals surface area contributed by atoms with Crippen molar-refractivity contribution in [2.45, 2.75) is 19.9 Å². The summed E-state index contributed by atoms with van der Waals surface area (Å²) >= 11 is 0. The number of carbonyl (C=O) groups is 1. The molecule has 23 heavy (non-hydrogen) atoms. The average Bonchev–Trinajstić information content (AvgIpc) is 2.52. The second kappa shape index (κ2) is 12.4. The molecule has 0 aromatic heterocycles. The summed E-state index contributed by atoms with van der Waals surface area (Å²) in [7, 11) is 0. The fraction of sp³-hybridized carbons (Fsp3) is 0.562. The number of hydrogen-bond donors (Lipinski definition) is 2. The number of hydrogen-bond acceptors (Lipinski definition) is 4. The molecule has 2 rings (SSSR count). The van der Waals surface area contributed by atoms with Crippen molar-refractivity contribution in [3.05, 3.63) is 29.8 Å². The normalized spacial score (nSPS) is 14.3. The van der Waals surface area contributed by atoms with E-state index < -0.39 is 0 Å². The number of rotatable bonds is 7. The van der Waals surface area contributed by atoms with E-state index in [-0.39, 0.29) is 30.7 Å². The largest absolute Gasteiger partial charge is 0.494 e. The number of piperazine rings is 1. The van der Waals surface area contributed by atoms with Crippen molar-refractivity contribution in [2.75, 3.05) is 39.3 Å². The van der Waals surface area contributed by atoms with E-state index in [1.165, 1.54) is 0 Å². The number of benzene rings is 1. The molecule has 1 saturated heterocycles. The third kappa shape index (κ3) is 8.42. The van der Waals surface area contributed by atoms with Crippen molar-refractivity contribution in [2.24, 2.45) is 0 Å². The van der Waals surface area contributed by atoms with E-state index in [0.717, 1.165) is 50.5 Å². The first-order chi connectivity index (χ1) is 10.3. The molecule has 0 unspecified atom stereocenters. The number of amides is 1. The maximum Gasteiger partial charge on any atom is 0.234 e. The van der Waals surface area contributed by atoms with E-state index >= 15 is 0 Å². The highest BCUT2D eigenvalue weighted by Crippen LogP contribution is 2.13. The first-order valence-corrected chi connectivity index (χ1v) is 7.69.